The molecule has 0 bridgehead atoms. The van der Waals surface area contributed by atoms with E-state index in [1.54, 1.807) is 60.7 Å². The molecule has 226 valence electrons. The van der Waals surface area contributed by atoms with Crippen LogP contribution in [0.5, 0.6) is 11.5 Å². The van der Waals surface area contributed by atoms with Crippen LogP contribution in [0.25, 0.3) is 6.08 Å². The summed E-state index contributed by atoms with van der Waals surface area (Å²) in [5.41, 5.74) is 2.32. The van der Waals surface area contributed by atoms with Gasteiger partial charge in [-0.15, -0.1) is 11.8 Å². The van der Waals surface area contributed by atoms with Crippen LogP contribution in [0.3, 0.4) is 0 Å². The molecular weight excluding hydrogens is 689 g/mol. The Labute approximate surface area is 274 Å². The Bertz CT molecular complexity index is 1640. The van der Waals surface area contributed by atoms with Gasteiger partial charge in [-0.3, -0.25) is 14.4 Å². The maximum atomic E-state index is 13.6. The number of anilines is 2. The summed E-state index contributed by atoms with van der Waals surface area (Å²) >= 11 is 3.63. The van der Waals surface area contributed by atoms with E-state index in [0.717, 1.165) is 14.2 Å². The number of hydrogen-bond donors (Lipinski definition) is 3. The minimum absolute atomic E-state index is 0.0347. The van der Waals surface area contributed by atoms with Gasteiger partial charge in [0, 0.05) is 25.4 Å². The fourth-order valence-corrected chi connectivity index (χ4v) is 5.51. The third-order valence-electron chi connectivity index (χ3n) is 6.39. The number of methoxy groups -OCH3 is 2. The van der Waals surface area contributed by atoms with E-state index in [9.17, 15) is 14.4 Å². The second kappa shape index (κ2) is 16.0. The maximum Gasteiger partial charge on any atom is 0.272 e. The highest BCUT2D eigenvalue weighted by Gasteiger charge is 2.20. The number of nitrogens with one attached hydrogen (secondary N) is 3. The first-order chi connectivity index (χ1) is 21.3. The Morgan fingerprint density at radius 2 is 1.55 bits per heavy atom. The predicted molar refractivity (Wildman–Crippen MR) is 184 cm³/mol. The van der Waals surface area contributed by atoms with Crippen molar-refractivity contribution in [3.8, 4) is 11.5 Å². The average molecular weight is 722 g/mol. The van der Waals surface area contributed by atoms with Crippen molar-refractivity contribution in [2.75, 3.05) is 24.9 Å². The molecule has 8 nitrogen and oxygen atoms in total. The van der Waals surface area contributed by atoms with Crippen molar-refractivity contribution in [3.63, 3.8) is 0 Å². The second-order valence-corrected chi connectivity index (χ2v) is 12.0. The van der Waals surface area contributed by atoms with E-state index in [2.05, 4.69) is 38.5 Å². The number of amides is 3. The van der Waals surface area contributed by atoms with E-state index in [1.807, 2.05) is 49.4 Å². The molecular formula is C34H32IN3O5S. The van der Waals surface area contributed by atoms with E-state index in [0.29, 0.717) is 34.7 Å². The minimum atomic E-state index is -0.519. The highest BCUT2D eigenvalue weighted by molar-refractivity contribution is 14.1. The molecule has 1 atom stereocenters. The van der Waals surface area contributed by atoms with Gasteiger partial charge in [0.1, 0.15) is 5.70 Å². The van der Waals surface area contributed by atoms with Crippen LogP contribution >= 0.6 is 34.4 Å². The number of rotatable bonds is 12. The fourth-order valence-electron chi connectivity index (χ4n) is 4.14. The lowest BCUT2D eigenvalue weighted by Crippen LogP contribution is -2.30. The van der Waals surface area contributed by atoms with Gasteiger partial charge >= 0.3 is 0 Å². The van der Waals surface area contributed by atoms with E-state index >= 15 is 0 Å². The summed E-state index contributed by atoms with van der Waals surface area (Å²) in [5, 5.41) is 8.26. The van der Waals surface area contributed by atoms with E-state index in [4.69, 9.17) is 9.47 Å². The summed E-state index contributed by atoms with van der Waals surface area (Å²) in [6.45, 7) is 1.96. The fraction of sp³-hybridized carbons (Fsp3) is 0.147. The van der Waals surface area contributed by atoms with Gasteiger partial charge in [-0.2, -0.15) is 0 Å². The third-order valence-corrected chi connectivity index (χ3v) is 8.47. The van der Waals surface area contributed by atoms with Crippen LogP contribution in [0.2, 0.25) is 0 Å². The van der Waals surface area contributed by atoms with Crippen molar-refractivity contribution in [1.82, 2.24) is 5.32 Å². The largest absolute Gasteiger partial charge is 0.493 e. The van der Waals surface area contributed by atoms with Gasteiger partial charge in [0.15, 0.2) is 11.5 Å². The summed E-state index contributed by atoms with van der Waals surface area (Å²) in [4.78, 5) is 40.4. The van der Waals surface area contributed by atoms with Gasteiger partial charge in [0.05, 0.1) is 19.5 Å². The number of hydrogen-bond acceptors (Lipinski definition) is 6. The van der Waals surface area contributed by atoms with Crippen molar-refractivity contribution in [2.24, 2.45) is 0 Å². The zero-order valence-corrected chi connectivity index (χ0v) is 27.4. The van der Waals surface area contributed by atoms with Crippen molar-refractivity contribution in [1.29, 1.82) is 0 Å². The first kappa shape index (κ1) is 32.6. The molecule has 0 aliphatic carbocycles. The van der Waals surface area contributed by atoms with Crippen LogP contribution < -0.4 is 25.4 Å². The number of carbonyl (C=O) groups is 3. The number of thioether (sulfide) groups is 1. The SMILES string of the molecule is CCC(Sc1cccc(NC(=O)/C(=C\c2ccc(OC)c(OC)c2)NC(=O)c2ccccc2)c1)C(=O)Nc1ccc(I)cc1. The van der Waals surface area contributed by atoms with Crippen molar-refractivity contribution < 1.29 is 23.9 Å². The summed E-state index contributed by atoms with van der Waals surface area (Å²) in [5.74, 6) is -0.0270. The van der Waals surface area contributed by atoms with Crippen molar-refractivity contribution in [2.45, 2.75) is 23.5 Å². The molecule has 4 rings (SSSR count). The molecule has 0 saturated carbocycles. The molecule has 0 aliphatic heterocycles. The van der Waals surface area contributed by atoms with Crippen LogP contribution in [0.1, 0.15) is 29.3 Å². The van der Waals surface area contributed by atoms with Crippen LogP contribution in [0, 0.1) is 3.57 Å². The Morgan fingerprint density at radius 3 is 2.23 bits per heavy atom. The lowest BCUT2D eigenvalue weighted by molar-refractivity contribution is -0.116. The number of carbonyl (C=O) groups excluding carboxylic acids is 3. The highest BCUT2D eigenvalue weighted by Crippen LogP contribution is 2.30. The molecule has 0 fully saturated rings. The summed E-state index contributed by atoms with van der Waals surface area (Å²) in [6.07, 6.45) is 2.18. The number of halogens is 1. The van der Waals surface area contributed by atoms with Crippen LogP contribution in [-0.2, 0) is 9.59 Å². The Kier molecular flexibility index (Phi) is 11.8. The third kappa shape index (κ3) is 9.10. The smallest absolute Gasteiger partial charge is 0.272 e. The lowest BCUT2D eigenvalue weighted by atomic mass is 10.1. The molecule has 10 heteroatoms. The standard InChI is InChI=1S/C34H32IN3O5S/c1-4-31(34(41)36-25-16-14-24(35)15-17-25)44-27-12-8-11-26(21-27)37-33(40)28(38-32(39)23-9-6-5-7-10-23)19-22-13-18-29(42-2)30(20-22)43-3/h5-21,31H,4H2,1-3H3,(H,36,41)(H,37,40)(H,38,39)/b28-19+. The Morgan fingerprint density at radius 1 is 0.818 bits per heavy atom. The Balaban J connectivity index is 1.53. The van der Waals surface area contributed by atoms with E-state index in [-0.39, 0.29) is 16.9 Å². The van der Waals surface area contributed by atoms with Gasteiger partial charge in [-0.05, 0) is 107 Å². The van der Waals surface area contributed by atoms with Gasteiger partial charge in [-0.1, -0.05) is 37.3 Å². The lowest BCUT2D eigenvalue weighted by Gasteiger charge is -2.16. The molecule has 0 saturated heterocycles. The van der Waals surface area contributed by atoms with Gasteiger partial charge in [0.25, 0.3) is 11.8 Å². The number of ether oxygens (including phenoxy) is 2. The normalized spacial score (nSPS) is 11.7. The second-order valence-electron chi connectivity index (χ2n) is 9.49. The molecule has 1 unspecified atom stereocenters. The molecule has 4 aromatic carbocycles. The first-order valence-electron chi connectivity index (χ1n) is 13.7. The van der Waals surface area contributed by atoms with Gasteiger partial charge in [0.2, 0.25) is 5.91 Å². The van der Waals surface area contributed by atoms with Crippen LogP contribution in [-0.4, -0.2) is 37.2 Å². The molecule has 4 aromatic rings. The zero-order valence-electron chi connectivity index (χ0n) is 24.4. The summed E-state index contributed by atoms with van der Waals surface area (Å²) in [7, 11) is 3.06. The van der Waals surface area contributed by atoms with Gasteiger partial charge < -0.3 is 25.4 Å². The van der Waals surface area contributed by atoms with E-state index < -0.39 is 11.8 Å². The number of benzene rings is 4. The zero-order chi connectivity index (χ0) is 31.5. The molecule has 3 N–H and O–H groups in total. The molecule has 0 radical (unpaired) electrons. The van der Waals surface area contributed by atoms with E-state index in [1.165, 1.54) is 26.0 Å². The van der Waals surface area contributed by atoms with Crippen LogP contribution in [0.15, 0.2) is 108 Å². The molecule has 0 spiro atoms. The molecule has 0 aromatic heterocycles. The van der Waals surface area contributed by atoms with Crippen molar-refractivity contribution in [3.05, 3.63) is 117 Å². The first-order valence-corrected chi connectivity index (χ1v) is 15.7. The molecule has 44 heavy (non-hydrogen) atoms. The monoisotopic (exact) mass is 721 g/mol. The molecule has 0 heterocycles. The van der Waals surface area contributed by atoms with Crippen LogP contribution in [0.4, 0.5) is 11.4 Å². The topological polar surface area (TPSA) is 106 Å². The predicted octanol–water partition coefficient (Wildman–Crippen LogP) is 7.23. The van der Waals surface area contributed by atoms with Gasteiger partial charge in [-0.25, -0.2) is 0 Å². The molecule has 3 amide bonds. The molecule has 0 aliphatic rings. The maximum absolute atomic E-state index is 13.6. The van der Waals surface area contributed by atoms with Crippen molar-refractivity contribution >= 4 is 69.5 Å². The highest BCUT2D eigenvalue weighted by atomic mass is 127. The quantitative estimate of drug-likeness (QED) is 0.0811. The summed E-state index contributed by atoms with van der Waals surface area (Å²) < 4.78 is 11.8. The minimum Gasteiger partial charge on any atom is -0.493 e. The Hall–Kier alpha value is -4.29. The summed E-state index contributed by atoms with van der Waals surface area (Å²) in [6, 6.07) is 28.7. The average Bonchev–Trinajstić information content (AvgIpc) is 3.04.